The normalized spacial score (nSPS) is 13.6. The fourth-order valence-electron chi connectivity index (χ4n) is 2.67. The molecule has 112 valence electrons. The van der Waals surface area contributed by atoms with E-state index in [0.717, 1.165) is 22.6 Å². The summed E-state index contributed by atoms with van der Waals surface area (Å²) in [5, 5.41) is 0. The molecule has 0 saturated heterocycles. The van der Waals surface area contributed by atoms with Crippen LogP contribution in [0.5, 0.6) is 11.5 Å². The van der Waals surface area contributed by atoms with Crippen LogP contribution in [0, 0.1) is 13.8 Å². The molecule has 0 aliphatic rings. The maximum atomic E-state index is 6.68. The van der Waals surface area contributed by atoms with Gasteiger partial charge in [-0.15, -0.1) is 0 Å². The van der Waals surface area contributed by atoms with Crippen LogP contribution in [0.15, 0.2) is 36.4 Å². The van der Waals surface area contributed by atoms with Gasteiger partial charge in [-0.25, -0.2) is 0 Å². The quantitative estimate of drug-likeness (QED) is 0.934. The predicted octanol–water partition coefficient (Wildman–Crippen LogP) is 3.54. The molecule has 0 spiro atoms. The van der Waals surface area contributed by atoms with Crippen LogP contribution in [-0.2, 0) is 5.54 Å². The number of nitrogens with two attached hydrogens (primary N) is 1. The lowest BCUT2D eigenvalue weighted by Gasteiger charge is -2.29. The minimum Gasteiger partial charge on any atom is -0.497 e. The van der Waals surface area contributed by atoms with Crippen molar-refractivity contribution in [2.24, 2.45) is 5.73 Å². The summed E-state index contributed by atoms with van der Waals surface area (Å²) < 4.78 is 10.8. The molecule has 2 N–H and O–H groups in total. The largest absolute Gasteiger partial charge is 0.497 e. The Labute approximate surface area is 126 Å². The molecular weight excluding hydrogens is 262 g/mol. The van der Waals surface area contributed by atoms with Gasteiger partial charge in [0.05, 0.1) is 19.8 Å². The van der Waals surface area contributed by atoms with E-state index in [0.29, 0.717) is 0 Å². The molecule has 2 aromatic carbocycles. The van der Waals surface area contributed by atoms with Gasteiger partial charge in [0, 0.05) is 11.6 Å². The van der Waals surface area contributed by atoms with Crippen LogP contribution < -0.4 is 15.2 Å². The average Bonchev–Trinajstić information content (AvgIpc) is 2.48. The van der Waals surface area contributed by atoms with E-state index in [4.69, 9.17) is 15.2 Å². The molecule has 0 aliphatic heterocycles. The molecule has 1 unspecified atom stereocenters. The zero-order valence-electron chi connectivity index (χ0n) is 13.4. The SMILES string of the molecule is COc1ccc(C(C)(N)c2cc(C)ccc2C)c(OC)c1. The van der Waals surface area contributed by atoms with Crippen molar-refractivity contribution in [2.45, 2.75) is 26.3 Å². The van der Waals surface area contributed by atoms with E-state index in [1.807, 2.05) is 25.1 Å². The second-order valence-electron chi connectivity index (χ2n) is 5.59. The van der Waals surface area contributed by atoms with Crippen molar-refractivity contribution < 1.29 is 9.47 Å². The molecule has 21 heavy (non-hydrogen) atoms. The number of methoxy groups -OCH3 is 2. The third-order valence-electron chi connectivity index (χ3n) is 3.92. The van der Waals surface area contributed by atoms with Crippen LogP contribution in [0.4, 0.5) is 0 Å². The van der Waals surface area contributed by atoms with Gasteiger partial charge in [-0.1, -0.05) is 23.8 Å². The van der Waals surface area contributed by atoms with E-state index in [1.54, 1.807) is 14.2 Å². The number of ether oxygens (including phenoxy) is 2. The van der Waals surface area contributed by atoms with Crippen LogP contribution in [0.1, 0.15) is 29.2 Å². The lowest BCUT2D eigenvalue weighted by molar-refractivity contribution is 0.383. The fourth-order valence-corrected chi connectivity index (χ4v) is 2.67. The highest BCUT2D eigenvalue weighted by atomic mass is 16.5. The Balaban J connectivity index is 2.60. The summed E-state index contributed by atoms with van der Waals surface area (Å²) in [6, 6.07) is 12.1. The van der Waals surface area contributed by atoms with Crippen molar-refractivity contribution in [1.29, 1.82) is 0 Å². The van der Waals surface area contributed by atoms with Gasteiger partial charge >= 0.3 is 0 Å². The van der Waals surface area contributed by atoms with Crippen LogP contribution >= 0.6 is 0 Å². The van der Waals surface area contributed by atoms with Gasteiger partial charge in [0.15, 0.2) is 0 Å². The maximum absolute atomic E-state index is 6.68. The second kappa shape index (κ2) is 5.78. The van der Waals surface area contributed by atoms with Crippen molar-refractivity contribution in [3.05, 3.63) is 58.7 Å². The highest BCUT2D eigenvalue weighted by molar-refractivity contribution is 5.51. The fraction of sp³-hybridized carbons (Fsp3) is 0.333. The van der Waals surface area contributed by atoms with Crippen LogP contribution in [0.25, 0.3) is 0 Å². The smallest absolute Gasteiger partial charge is 0.127 e. The summed E-state index contributed by atoms with van der Waals surface area (Å²) in [6.45, 7) is 6.17. The standard InChI is InChI=1S/C18H23NO2/c1-12-6-7-13(2)16(10-12)18(3,19)15-9-8-14(20-4)11-17(15)21-5/h6-11H,19H2,1-5H3. The summed E-state index contributed by atoms with van der Waals surface area (Å²) in [5.74, 6) is 1.49. The summed E-state index contributed by atoms with van der Waals surface area (Å²) in [4.78, 5) is 0. The second-order valence-corrected chi connectivity index (χ2v) is 5.59. The Bertz CT molecular complexity index is 648. The Hall–Kier alpha value is -2.00. The minimum absolute atomic E-state index is 0.631. The third-order valence-corrected chi connectivity index (χ3v) is 3.92. The molecule has 0 aliphatic carbocycles. The Morgan fingerprint density at radius 1 is 0.905 bits per heavy atom. The van der Waals surface area contributed by atoms with Crippen molar-refractivity contribution in [2.75, 3.05) is 14.2 Å². The molecule has 0 aromatic heterocycles. The first-order valence-electron chi connectivity index (χ1n) is 6.99. The summed E-state index contributed by atoms with van der Waals surface area (Å²) >= 11 is 0. The molecule has 2 aromatic rings. The first-order valence-corrected chi connectivity index (χ1v) is 6.99. The van der Waals surface area contributed by atoms with Gasteiger partial charge in [0.1, 0.15) is 11.5 Å². The molecule has 0 amide bonds. The number of hydrogen-bond donors (Lipinski definition) is 1. The molecular formula is C18H23NO2. The van der Waals surface area contributed by atoms with Gasteiger partial charge in [-0.2, -0.15) is 0 Å². The zero-order valence-corrected chi connectivity index (χ0v) is 13.4. The molecule has 0 radical (unpaired) electrons. The predicted molar refractivity (Wildman–Crippen MR) is 86.1 cm³/mol. The number of aryl methyl sites for hydroxylation is 2. The van der Waals surface area contributed by atoms with Crippen molar-refractivity contribution >= 4 is 0 Å². The van der Waals surface area contributed by atoms with Crippen LogP contribution in [-0.4, -0.2) is 14.2 Å². The number of benzene rings is 2. The first kappa shape index (κ1) is 15.4. The lowest BCUT2D eigenvalue weighted by Crippen LogP contribution is -2.35. The van der Waals surface area contributed by atoms with Crippen LogP contribution in [0.2, 0.25) is 0 Å². The van der Waals surface area contributed by atoms with Gasteiger partial charge in [0.2, 0.25) is 0 Å². The van der Waals surface area contributed by atoms with E-state index >= 15 is 0 Å². The van der Waals surface area contributed by atoms with Crippen LogP contribution in [0.3, 0.4) is 0 Å². The Morgan fingerprint density at radius 2 is 1.62 bits per heavy atom. The highest BCUT2D eigenvalue weighted by Crippen LogP contribution is 2.37. The van der Waals surface area contributed by atoms with Gasteiger partial charge < -0.3 is 15.2 Å². The molecule has 3 nitrogen and oxygen atoms in total. The maximum Gasteiger partial charge on any atom is 0.127 e. The topological polar surface area (TPSA) is 44.5 Å². The van der Waals surface area contributed by atoms with E-state index in [1.165, 1.54) is 11.1 Å². The third kappa shape index (κ3) is 2.88. The van der Waals surface area contributed by atoms with Crippen molar-refractivity contribution in [3.63, 3.8) is 0 Å². The lowest BCUT2D eigenvalue weighted by atomic mass is 9.82. The number of rotatable bonds is 4. The Kier molecular flexibility index (Phi) is 4.24. The van der Waals surface area contributed by atoms with E-state index in [-0.39, 0.29) is 0 Å². The van der Waals surface area contributed by atoms with Crippen molar-refractivity contribution in [1.82, 2.24) is 0 Å². The monoisotopic (exact) mass is 285 g/mol. The first-order chi connectivity index (χ1) is 9.90. The molecule has 2 rings (SSSR count). The summed E-state index contributed by atoms with van der Waals surface area (Å²) in [7, 11) is 3.29. The van der Waals surface area contributed by atoms with E-state index in [2.05, 4.69) is 32.0 Å². The zero-order chi connectivity index (χ0) is 15.6. The van der Waals surface area contributed by atoms with Gasteiger partial charge in [-0.05, 0) is 44.0 Å². The molecule has 0 saturated carbocycles. The molecule has 0 heterocycles. The van der Waals surface area contributed by atoms with Crippen molar-refractivity contribution in [3.8, 4) is 11.5 Å². The molecule has 3 heteroatoms. The van der Waals surface area contributed by atoms with E-state index < -0.39 is 5.54 Å². The van der Waals surface area contributed by atoms with E-state index in [9.17, 15) is 0 Å². The number of hydrogen-bond acceptors (Lipinski definition) is 3. The molecule has 0 fully saturated rings. The molecule has 1 atom stereocenters. The average molecular weight is 285 g/mol. The van der Waals surface area contributed by atoms with Gasteiger partial charge in [0.25, 0.3) is 0 Å². The summed E-state index contributed by atoms with van der Waals surface area (Å²) in [5.41, 5.74) is 10.5. The Morgan fingerprint density at radius 3 is 2.24 bits per heavy atom. The molecule has 0 bridgehead atoms. The highest BCUT2D eigenvalue weighted by Gasteiger charge is 2.29. The summed E-state index contributed by atoms with van der Waals surface area (Å²) in [6.07, 6.45) is 0. The van der Waals surface area contributed by atoms with Gasteiger partial charge in [-0.3, -0.25) is 0 Å². The minimum atomic E-state index is -0.631.